The van der Waals surface area contributed by atoms with Gasteiger partial charge in [-0.05, 0) is 43.0 Å². The van der Waals surface area contributed by atoms with E-state index in [9.17, 15) is 14.4 Å². The lowest BCUT2D eigenvalue weighted by Gasteiger charge is -2.23. The monoisotopic (exact) mass is 395 g/mol. The summed E-state index contributed by atoms with van der Waals surface area (Å²) in [5.74, 6) is -0.752. The number of benzene rings is 2. The topological polar surface area (TPSA) is 81.7 Å². The highest BCUT2D eigenvalue weighted by Crippen LogP contribution is 2.44. The molecule has 2 aromatic rings. The lowest BCUT2D eigenvalue weighted by atomic mass is 9.98. The molecule has 0 fully saturated rings. The van der Waals surface area contributed by atoms with E-state index >= 15 is 0 Å². The lowest BCUT2D eigenvalue weighted by molar-refractivity contribution is -0.157. The molecule has 0 saturated heterocycles. The zero-order chi connectivity index (χ0) is 21.0. The van der Waals surface area contributed by atoms with E-state index in [4.69, 9.17) is 9.47 Å². The minimum Gasteiger partial charge on any atom is -0.458 e. The zero-order valence-electron chi connectivity index (χ0n) is 16.8. The summed E-state index contributed by atoms with van der Waals surface area (Å²) in [6.45, 7) is 5.28. The molecule has 152 valence electrons. The number of ether oxygens (including phenoxy) is 2. The summed E-state index contributed by atoms with van der Waals surface area (Å²) in [5.41, 5.74) is 3.73. The van der Waals surface area contributed by atoms with Gasteiger partial charge >= 0.3 is 12.1 Å². The number of nitrogens with one attached hydrogen (secondary N) is 1. The quantitative estimate of drug-likeness (QED) is 0.594. The van der Waals surface area contributed by atoms with Gasteiger partial charge in [0, 0.05) is 12.3 Å². The zero-order valence-corrected chi connectivity index (χ0v) is 16.8. The van der Waals surface area contributed by atoms with E-state index in [1.165, 1.54) is 0 Å². The Morgan fingerprint density at radius 2 is 1.59 bits per heavy atom. The lowest BCUT2D eigenvalue weighted by Crippen LogP contribution is -2.44. The molecule has 6 heteroatoms. The maximum Gasteiger partial charge on any atom is 0.407 e. The van der Waals surface area contributed by atoms with Gasteiger partial charge in [-0.3, -0.25) is 0 Å². The largest absolute Gasteiger partial charge is 0.458 e. The molecule has 6 nitrogen and oxygen atoms in total. The van der Waals surface area contributed by atoms with Gasteiger partial charge in [-0.1, -0.05) is 48.5 Å². The van der Waals surface area contributed by atoms with E-state index in [0.717, 1.165) is 22.3 Å². The van der Waals surface area contributed by atoms with Gasteiger partial charge in [0.2, 0.25) is 0 Å². The second kappa shape index (κ2) is 8.47. The molecule has 0 bridgehead atoms. The van der Waals surface area contributed by atoms with Crippen LogP contribution in [0.4, 0.5) is 4.79 Å². The fraction of sp³-hybridized carbons (Fsp3) is 0.348. The van der Waals surface area contributed by atoms with Gasteiger partial charge in [0.1, 0.15) is 24.5 Å². The average Bonchev–Trinajstić information content (AvgIpc) is 2.99. The van der Waals surface area contributed by atoms with Crippen LogP contribution in [0.5, 0.6) is 0 Å². The number of alkyl carbamates (subject to hydrolysis) is 1. The second-order valence-corrected chi connectivity index (χ2v) is 7.96. The number of rotatable bonds is 6. The van der Waals surface area contributed by atoms with Crippen molar-refractivity contribution in [3.05, 3.63) is 59.7 Å². The third-order valence-corrected chi connectivity index (χ3v) is 4.66. The number of carbonyl (C=O) groups is 3. The summed E-state index contributed by atoms with van der Waals surface area (Å²) in [6.07, 6.45) is -0.373. The molecule has 0 heterocycles. The minimum absolute atomic E-state index is 0.0841. The molecule has 3 rings (SSSR count). The molecule has 1 unspecified atom stereocenters. The Labute approximate surface area is 170 Å². The first-order valence-electron chi connectivity index (χ1n) is 9.58. The first kappa shape index (κ1) is 20.6. The highest BCUT2D eigenvalue weighted by atomic mass is 16.6. The van der Waals surface area contributed by atoms with Crippen molar-refractivity contribution in [3.8, 4) is 11.1 Å². The molecule has 1 atom stereocenters. The van der Waals surface area contributed by atoms with Crippen LogP contribution in [-0.4, -0.2) is 36.6 Å². The van der Waals surface area contributed by atoms with Crippen molar-refractivity contribution in [2.75, 3.05) is 6.61 Å². The van der Waals surface area contributed by atoms with Crippen LogP contribution >= 0.6 is 0 Å². The van der Waals surface area contributed by atoms with Gasteiger partial charge in [-0.25, -0.2) is 9.59 Å². The molecule has 1 aliphatic rings. The number of hydrogen-bond donors (Lipinski definition) is 1. The Bertz CT molecular complexity index is 870. The SMILES string of the molecule is CC(C)(C)OC(=O)C(CC=O)NC(=O)OCC1c2ccccc2-c2ccccc21. The van der Waals surface area contributed by atoms with Gasteiger partial charge in [-0.15, -0.1) is 0 Å². The third kappa shape index (κ3) is 4.83. The molecule has 1 aliphatic carbocycles. The first-order chi connectivity index (χ1) is 13.8. The maximum atomic E-state index is 12.3. The standard InChI is InChI=1S/C23H25NO5/c1-23(2,3)29-21(26)20(12-13-25)24-22(27)28-14-19-17-10-6-4-8-15(17)16-9-5-7-11-18(16)19/h4-11,13,19-20H,12,14H2,1-3H3,(H,24,27). The molecule has 1 N–H and O–H groups in total. The molecule has 0 saturated carbocycles. The van der Waals surface area contributed by atoms with Gasteiger partial charge in [0.25, 0.3) is 0 Å². The van der Waals surface area contributed by atoms with Crippen LogP contribution in [0.25, 0.3) is 11.1 Å². The molecule has 0 radical (unpaired) electrons. The first-order valence-corrected chi connectivity index (χ1v) is 9.58. The highest BCUT2D eigenvalue weighted by Gasteiger charge is 2.30. The van der Waals surface area contributed by atoms with Crippen LogP contribution in [0, 0.1) is 0 Å². The van der Waals surface area contributed by atoms with Crippen molar-refractivity contribution in [2.24, 2.45) is 0 Å². The number of aldehydes is 1. The van der Waals surface area contributed by atoms with Crippen molar-refractivity contribution in [3.63, 3.8) is 0 Å². The molecule has 29 heavy (non-hydrogen) atoms. The number of hydrogen-bond acceptors (Lipinski definition) is 5. The fourth-order valence-electron chi connectivity index (χ4n) is 3.47. The molecule has 0 aromatic heterocycles. The molecule has 0 aliphatic heterocycles. The Kier molecular flexibility index (Phi) is 6.01. The minimum atomic E-state index is -1.08. The van der Waals surface area contributed by atoms with Crippen LogP contribution in [0.1, 0.15) is 44.2 Å². The normalized spacial score (nSPS) is 13.8. The van der Waals surface area contributed by atoms with Crippen LogP contribution in [-0.2, 0) is 19.1 Å². The van der Waals surface area contributed by atoms with Crippen molar-refractivity contribution in [1.29, 1.82) is 0 Å². The molecular formula is C23H25NO5. The summed E-state index contributed by atoms with van der Waals surface area (Å²) < 4.78 is 10.7. The number of fused-ring (bicyclic) bond motifs is 3. The van der Waals surface area contributed by atoms with E-state index < -0.39 is 23.7 Å². The fourth-order valence-corrected chi connectivity index (χ4v) is 3.47. The smallest absolute Gasteiger partial charge is 0.407 e. The average molecular weight is 395 g/mol. The van der Waals surface area contributed by atoms with E-state index in [1.54, 1.807) is 20.8 Å². The van der Waals surface area contributed by atoms with Gasteiger partial charge in [0.15, 0.2) is 0 Å². The van der Waals surface area contributed by atoms with E-state index in [1.807, 2.05) is 36.4 Å². The Balaban J connectivity index is 1.67. The van der Waals surface area contributed by atoms with Crippen LogP contribution in [0.3, 0.4) is 0 Å². The predicted octanol–water partition coefficient (Wildman–Crippen LogP) is 3.82. The Morgan fingerprint density at radius 1 is 1.03 bits per heavy atom. The van der Waals surface area contributed by atoms with Crippen molar-refractivity contribution in [1.82, 2.24) is 5.32 Å². The number of esters is 1. The predicted molar refractivity (Wildman–Crippen MR) is 109 cm³/mol. The van der Waals surface area contributed by atoms with Crippen LogP contribution < -0.4 is 5.32 Å². The highest BCUT2D eigenvalue weighted by molar-refractivity contribution is 5.84. The van der Waals surface area contributed by atoms with E-state index in [0.29, 0.717) is 6.29 Å². The van der Waals surface area contributed by atoms with Crippen molar-refractivity contribution < 1.29 is 23.9 Å². The molecule has 1 amide bonds. The maximum absolute atomic E-state index is 12.3. The van der Waals surface area contributed by atoms with Crippen LogP contribution in [0.15, 0.2) is 48.5 Å². The van der Waals surface area contributed by atoms with Gasteiger partial charge < -0.3 is 19.6 Å². The molecule has 2 aromatic carbocycles. The Hall–Kier alpha value is -3.15. The summed E-state index contributed by atoms with van der Waals surface area (Å²) in [6, 6.07) is 15.0. The molecule has 0 spiro atoms. The Morgan fingerprint density at radius 3 is 2.10 bits per heavy atom. The van der Waals surface area contributed by atoms with E-state index in [2.05, 4.69) is 17.4 Å². The van der Waals surface area contributed by atoms with Crippen molar-refractivity contribution >= 4 is 18.3 Å². The summed E-state index contributed by atoms with van der Waals surface area (Å²) >= 11 is 0. The third-order valence-electron chi connectivity index (χ3n) is 4.66. The van der Waals surface area contributed by atoms with Gasteiger partial charge in [0.05, 0.1) is 0 Å². The second-order valence-electron chi connectivity index (χ2n) is 7.96. The summed E-state index contributed by atoms with van der Waals surface area (Å²) in [4.78, 5) is 35.5. The van der Waals surface area contributed by atoms with Gasteiger partial charge in [-0.2, -0.15) is 0 Å². The van der Waals surface area contributed by atoms with Crippen molar-refractivity contribution in [2.45, 2.75) is 44.8 Å². The number of carbonyl (C=O) groups excluding carboxylic acids is 3. The molecular weight excluding hydrogens is 370 g/mol. The van der Waals surface area contributed by atoms with Crippen LogP contribution in [0.2, 0.25) is 0 Å². The summed E-state index contributed by atoms with van der Waals surface area (Å²) in [5, 5.41) is 2.45. The number of amides is 1. The van der Waals surface area contributed by atoms with E-state index in [-0.39, 0.29) is 18.9 Å². The summed E-state index contributed by atoms with van der Waals surface area (Å²) in [7, 11) is 0.